The molecule has 7 rings (SSSR count). The standard InChI is InChI=1S/C31H27B6N/c1-14-10-19-17-8-4-2-6-15(17)16-7-3-5-9-18(16)20(19)11-25(14)38-30-23(34)12-21(32)28(36)26(30)27-29(37)22(33)13-24(35)31(27)38/h2-13H,32-37H2,1H3. The summed E-state index contributed by atoms with van der Waals surface area (Å²) in [5.74, 6) is 0. The fraction of sp³-hybridized carbons (Fsp3) is 0.0323. The quantitative estimate of drug-likeness (QED) is 0.192. The second-order valence-electron chi connectivity index (χ2n) is 11.3. The van der Waals surface area contributed by atoms with Crippen LogP contribution in [0.5, 0.6) is 0 Å². The summed E-state index contributed by atoms with van der Waals surface area (Å²) in [6.45, 7) is 2.28. The molecular formula is C31H27B6N. The van der Waals surface area contributed by atoms with Gasteiger partial charge < -0.3 is 4.57 Å². The van der Waals surface area contributed by atoms with E-state index in [4.69, 9.17) is 0 Å². The van der Waals surface area contributed by atoms with Crippen LogP contribution in [0.1, 0.15) is 5.56 Å². The predicted molar refractivity (Wildman–Crippen MR) is 187 cm³/mol. The van der Waals surface area contributed by atoms with E-state index in [0.29, 0.717) is 0 Å². The molecule has 0 atom stereocenters. The van der Waals surface area contributed by atoms with Gasteiger partial charge in [0.15, 0.2) is 0 Å². The first-order chi connectivity index (χ1) is 18.3. The molecule has 0 amide bonds. The summed E-state index contributed by atoms with van der Waals surface area (Å²) in [6, 6.07) is 27.3. The Morgan fingerprint density at radius 3 is 1.32 bits per heavy atom. The molecule has 0 saturated carbocycles. The van der Waals surface area contributed by atoms with Gasteiger partial charge in [-0.2, -0.15) is 0 Å². The zero-order valence-electron chi connectivity index (χ0n) is 23.4. The minimum absolute atomic E-state index is 1.27. The van der Waals surface area contributed by atoms with Gasteiger partial charge in [-0.05, 0) is 67.7 Å². The lowest BCUT2D eigenvalue weighted by Crippen LogP contribution is -2.33. The van der Waals surface area contributed by atoms with Crippen molar-refractivity contribution in [2.75, 3.05) is 0 Å². The molecule has 0 aliphatic heterocycles. The maximum atomic E-state index is 2.58. The molecule has 0 radical (unpaired) electrons. The van der Waals surface area contributed by atoms with Gasteiger partial charge in [-0.1, -0.05) is 93.4 Å². The minimum Gasteiger partial charge on any atom is -0.310 e. The van der Waals surface area contributed by atoms with Crippen LogP contribution < -0.4 is 32.8 Å². The Morgan fingerprint density at radius 1 is 0.474 bits per heavy atom. The molecule has 1 nitrogen and oxygen atoms in total. The lowest BCUT2D eigenvalue weighted by Gasteiger charge is -2.18. The molecule has 7 aromatic rings. The average molecular weight is 478 g/mol. The van der Waals surface area contributed by atoms with E-state index in [9.17, 15) is 0 Å². The fourth-order valence-electron chi connectivity index (χ4n) is 6.98. The zero-order chi connectivity index (χ0) is 26.5. The van der Waals surface area contributed by atoms with Crippen LogP contribution in [-0.4, -0.2) is 51.6 Å². The van der Waals surface area contributed by atoms with Crippen molar-refractivity contribution in [3.63, 3.8) is 0 Å². The van der Waals surface area contributed by atoms with Crippen molar-refractivity contribution in [3.8, 4) is 5.69 Å². The minimum atomic E-state index is 1.27. The van der Waals surface area contributed by atoms with E-state index in [1.54, 1.807) is 0 Å². The Kier molecular flexibility index (Phi) is 5.02. The van der Waals surface area contributed by atoms with E-state index in [0.717, 1.165) is 0 Å². The van der Waals surface area contributed by atoms with E-state index < -0.39 is 0 Å². The lowest BCUT2D eigenvalue weighted by molar-refractivity contribution is 1.17. The highest BCUT2D eigenvalue weighted by Gasteiger charge is 2.22. The Labute approximate surface area is 229 Å². The van der Waals surface area contributed by atoms with Crippen molar-refractivity contribution in [2.45, 2.75) is 6.92 Å². The second-order valence-corrected chi connectivity index (χ2v) is 11.3. The molecule has 1 aromatic heterocycles. The molecule has 0 saturated heterocycles. The smallest absolute Gasteiger partial charge is 0.142 e. The van der Waals surface area contributed by atoms with Gasteiger partial charge in [-0.25, -0.2) is 0 Å². The van der Waals surface area contributed by atoms with Gasteiger partial charge in [0.2, 0.25) is 0 Å². The molecular weight excluding hydrogens is 451 g/mol. The molecule has 0 N–H and O–H groups in total. The van der Waals surface area contributed by atoms with Crippen molar-refractivity contribution < 1.29 is 0 Å². The summed E-state index contributed by atoms with van der Waals surface area (Å²) >= 11 is 0. The van der Waals surface area contributed by atoms with E-state index >= 15 is 0 Å². The van der Waals surface area contributed by atoms with Crippen LogP contribution in [0.4, 0.5) is 0 Å². The number of aromatic nitrogens is 1. The van der Waals surface area contributed by atoms with Crippen molar-refractivity contribution >= 4 is 134 Å². The van der Waals surface area contributed by atoms with Gasteiger partial charge >= 0.3 is 0 Å². The van der Waals surface area contributed by atoms with Crippen LogP contribution in [0.2, 0.25) is 0 Å². The molecule has 0 aliphatic rings. The maximum Gasteiger partial charge on any atom is 0.142 e. The van der Waals surface area contributed by atoms with Crippen LogP contribution in [0.25, 0.3) is 59.8 Å². The summed E-state index contributed by atoms with van der Waals surface area (Å²) < 4.78 is 2.58. The number of aryl methyl sites for hydroxylation is 1. The monoisotopic (exact) mass is 479 g/mol. The number of hydrogen-bond donors (Lipinski definition) is 0. The number of benzene rings is 6. The van der Waals surface area contributed by atoms with Gasteiger partial charge in [0.25, 0.3) is 0 Å². The first-order valence-electron chi connectivity index (χ1n) is 13.6. The average Bonchev–Trinajstić information content (AvgIpc) is 3.28. The van der Waals surface area contributed by atoms with Gasteiger partial charge in [-0.3, -0.25) is 0 Å². The largest absolute Gasteiger partial charge is 0.310 e. The Morgan fingerprint density at radius 2 is 0.868 bits per heavy atom. The number of nitrogens with zero attached hydrogens (tertiary/aromatic N) is 1. The SMILES string of the molecule is Bc1cc(B)c2c(c1B)c1c(B)c(B)cc(B)c1n2-c1cc2c3ccccc3c3ccccc3c2cc1C. The number of fused-ring (bicyclic) bond motifs is 9. The Balaban J connectivity index is 1.75. The van der Waals surface area contributed by atoms with Gasteiger partial charge in [0.05, 0.1) is 0 Å². The van der Waals surface area contributed by atoms with E-state index in [1.165, 1.54) is 98.2 Å². The highest BCUT2D eigenvalue weighted by molar-refractivity contribution is 6.62. The van der Waals surface area contributed by atoms with Gasteiger partial charge in [0, 0.05) is 16.7 Å². The third kappa shape index (κ3) is 3.02. The highest BCUT2D eigenvalue weighted by Crippen LogP contribution is 2.38. The first-order valence-corrected chi connectivity index (χ1v) is 13.6. The van der Waals surface area contributed by atoms with Crippen LogP contribution in [0.3, 0.4) is 0 Å². The number of hydrogen-bond acceptors (Lipinski definition) is 0. The molecule has 1 heterocycles. The summed E-state index contributed by atoms with van der Waals surface area (Å²) in [6.07, 6.45) is 0. The maximum absolute atomic E-state index is 2.58. The molecule has 38 heavy (non-hydrogen) atoms. The van der Waals surface area contributed by atoms with E-state index in [1.807, 2.05) is 0 Å². The van der Waals surface area contributed by atoms with Crippen LogP contribution in [-0.2, 0) is 0 Å². The topological polar surface area (TPSA) is 4.93 Å². The third-order valence-electron chi connectivity index (χ3n) is 9.02. The molecule has 6 aromatic carbocycles. The molecule has 7 heteroatoms. The van der Waals surface area contributed by atoms with Gasteiger partial charge in [-0.15, -0.1) is 0 Å². The lowest BCUT2D eigenvalue weighted by atomic mass is 9.71. The molecule has 0 aliphatic carbocycles. The van der Waals surface area contributed by atoms with E-state index in [2.05, 4.69) is 131 Å². The highest BCUT2D eigenvalue weighted by atomic mass is 15.0. The fourth-order valence-corrected chi connectivity index (χ4v) is 6.98. The number of rotatable bonds is 1. The summed E-state index contributed by atoms with van der Waals surface area (Å²) in [7, 11) is 13.7. The van der Waals surface area contributed by atoms with Crippen molar-refractivity contribution in [1.82, 2.24) is 4.57 Å². The van der Waals surface area contributed by atoms with Crippen LogP contribution >= 0.6 is 0 Å². The Hall–Kier alpha value is -3.71. The van der Waals surface area contributed by atoms with E-state index in [-0.39, 0.29) is 0 Å². The third-order valence-corrected chi connectivity index (χ3v) is 9.02. The molecule has 0 unspecified atom stereocenters. The zero-order valence-corrected chi connectivity index (χ0v) is 23.4. The van der Waals surface area contributed by atoms with Crippen molar-refractivity contribution in [1.29, 1.82) is 0 Å². The Bertz CT molecular complexity index is 2090. The predicted octanol–water partition coefficient (Wildman–Crippen LogP) is -1.90. The summed E-state index contributed by atoms with van der Waals surface area (Å²) in [4.78, 5) is 0. The van der Waals surface area contributed by atoms with Gasteiger partial charge in [0.1, 0.15) is 47.1 Å². The molecule has 0 bridgehead atoms. The second kappa shape index (κ2) is 8.14. The first kappa shape index (κ1) is 23.4. The van der Waals surface area contributed by atoms with Crippen LogP contribution in [0.15, 0.2) is 72.8 Å². The normalized spacial score (nSPS) is 11.9. The summed E-state index contributed by atoms with van der Waals surface area (Å²) in [5, 5.41) is 10.7. The molecule has 0 fully saturated rings. The van der Waals surface area contributed by atoms with Crippen LogP contribution in [0, 0.1) is 6.92 Å². The van der Waals surface area contributed by atoms with Crippen molar-refractivity contribution in [3.05, 3.63) is 78.4 Å². The summed E-state index contributed by atoms with van der Waals surface area (Å²) in [5.41, 5.74) is 13.4. The van der Waals surface area contributed by atoms with Crippen molar-refractivity contribution in [2.24, 2.45) is 0 Å². The molecule has 0 spiro atoms. The molecule has 174 valence electrons.